The van der Waals surface area contributed by atoms with Crippen molar-refractivity contribution in [2.45, 2.75) is 13.3 Å². The maximum atomic E-state index is 12.8. The number of benzene rings is 2. The summed E-state index contributed by atoms with van der Waals surface area (Å²) >= 11 is 0. The Balaban J connectivity index is 1.93. The van der Waals surface area contributed by atoms with Crippen molar-refractivity contribution in [3.05, 3.63) is 65.7 Å². The molecule has 0 aromatic heterocycles. The summed E-state index contributed by atoms with van der Waals surface area (Å²) < 4.78 is 5.57. The minimum Gasteiger partial charge on any atom is -0.494 e. The van der Waals surface area contributed by atoms with E-state index in [1.165, 1.54) is 6.08 Å². The molecule has 1 heterocycles. The van der Waals surface area contributed by atoms with Crippen LogP contribution >= 0.6 is 0 Å². The lowest BCUT2D eigenvalue weighted by Gasteiger charge is -2.26. The van der Waals surface area contributed by atoms with E-state index < -0.39 is 17.8 Å². The molecule has 1 aliphatic rings. The molecule has 2 aromatic carbocycles. The van der Waals surface area contributed by atoms with E-state index in [0.717, 1.165) is 11.3 Å². The summed E-state index contributed by atoms with van der Waals surface area (Å²) in [5.74, 6) is -0.724. The number of para-hydroxylation sites is 1. The number of hydrogen-bond donors (Lipinski definition) is 1. The van der Waals surface area contributed by atoms with E-state index in [1.54, 1.807) is 54.6 Å². The highest BCUT2D eigenvalue weighted by molar-refractivity contribution is 6.39. The van der Waals surface area contributed by atoms with Crippen LogP contribution in [0.5, 0.6) is 5.75 Å². The smallest absolute Gasteiger partial charge is 0.335 e. The Bertz CT molecular complexity index is 874. The second kappa shape index (κ2) is 7.65. The van der Waals surface area contributed by atoms with Gasteiger partial charge in [0.05, 0.1) is 12.3 Å². The monoisotopic (exact) mass is 350 g/mol. The lowest BCUT2D eigenvalue weighted by atomic mass is 10.1. The van der Waals surface area contributed by atoms with Gasteiger partial charge < -0.3 is 4.74 Å². The number of carbonyl (C=O) groups is 3. The maximum absolute atomic E-state index is 12.8. The number of ether oxygens (including phenoxy) is 1. The van der Waals surface area contributed by atoms with Crippen molar-refractivity contribution in [3.63, 3.8) is 0 Å². The third-order valence-corrected chi connectivity index (χ3v) is 3.76. The second-order valence-electron chi connectivity index (χ2n) is 5.71. The first-order valence-electron chi connectivity index (χ1n) is 8.29. The number of hydrogen-bond acceptors (Lipinski definition) is 4. The summed E-state index contributed by atoms with van der Waals surface area (Å²) in [5, 5.41) is 2.21. The predicted octanol–water partition coefficient (Wildman–Crippen LogP) is 3.14. The van der Waals surface area contributed by atoms with Gasteiger partial charge in [0.25, 0.3) is 11.8 Å². The number of urea groups is 1. The molecule has 1 fully saturated rings. The number of anilines is 1. The van der Waals surface area contributed by atoms with Crippen LogP contribution in [0, 0.1) is 0 Å². The van der Waals surface area contributed by atoms with Crippen LogP contribution in [0.2, 0.25) is 0 Å². The zero-order valence-corrected chi connectivity index (χ0v) is 14.3. The molecule has 1 N–H and O–H groups in total. The van der Waals surface area contributed by atoms with Crippen LogP contribution in [-0.4, -0.2) is 24.5 Å². The highest BCUT2D eigenvalue weighted by Crippen LogP contribution is 2.22. The molecule has 26 heavy (non-hydrogen) atoms. The summed E-state index contributed by atoms with van der Waals surface area (Å²) in [7, 11) is 0. The zero-order valence-electron chi connectivity index (χ0n) is 14.3. The fourth-order valence-electron chi connectivity index (χ4n) is 2.55. The first kappa shape index (κ1) is 17.4. The average Bonchev–Trinajstić information content (AvgIpc) is 2.64. The van der Waals surface area contributed by atoms with E-state index in [4.69, 9.17) is 4.74 Å². The maximum Gasteiger partial charge on any atom is 0.335 e. The Kier molecular flexibility index (Phi) is 5.12. The van der Waals surface area contributed by atoms with Crippen molar-refractivity contribution in [1.29, 1.82) is 0 Å². The molecule has 1 saturated heterocycles. The summed E-state index contributed by atoms with van der Waals surface area (Å²) in [6, 6.07) is 14.8. The van der Waals surface area contributed by atoms with Crippen molar-refractivity contribution in [2.75, 3.05) is 11.5 Å². The van der Waals surface area contributed by atoms with Gasteiger partial charge in [0.15, 0.2) is 0 Å². The van der Waals surface area contributed by atoms with Crippen LogP contribution in [-0.2, 0) is 9.59 Å². The van der Waals surface area contributed by atoms with Gasteiger partial charge in [-0.05, 0) is 42.3 Å². The highest BCUT2D eigenvalue weighted by Gasteiger charge is 2.36. The van der Waals surface area contributed by atoms with Gasteiger partial charge >= 0.3 is 6.03 Å². The van der Waals surface area contributed by atoms with Gasteiger partial charge in [0.1, 0.15) is 11.3 Å². The Morgan fingerprint density at radius 1 is 1.04 bits per heavy atom. The predicted molar refractivity (Wildman–Crippen MR) is 97.7 cm³/mol. The molecule has 132 valence electrons. The summed E-state index contributed by atoms with van der Waals surface area (Å²) in [6.45, 7) is 2.59. The fraction of sp³-hybridized carbons (Fsp3) is 0.150. The largest absolute Gasteiger partial charge is 0.494 e. The van der Waals surface area contributed by atoms with Crippen molar-refractivity contribution in [2.24, 2.45) is 0 Å². The van der Waals surface area contributed by atoms with E-state index >= 15 is 0 Å². The Hall–Kier alpha value is -3.41. The summed E-state index contributed by atoms with van der Waals surface area (Å²) in [6.07, 6.45) is 2.33. The normalized spacial score (nSPS) is 16.0. The van der Waals surface area contributed by atoms with E-state index in [0.29, 0.717) is 23.6 Å². The third kappa shape index (κ3) is 3.64. The van der Waals surface area contributed by atoms with E-state index in [2.05, 4.69) is 5.32 Å². The number of carbonyl (C=O) groups excluding carboxylic acids is 3. The molecule has 3 rings (SSSR count). The van der Waals surface area contributed by atoms with Crippen molar-refractivity contribution in [3.8, 4) is 5.75 Å². The van der Waals surface area contributed by atoms with Crippen molar-refractivity contribution < 1.29 is 19.1 Å². The van der Waals surface area contributed by atoms with E-state index in [9.17, 15) is 14.4 Å². The van der Waals surface area contributed by atoms with Gasteiger partial charge in [0, 0.05) is 0 Å². The van der Waals surface area contributed by atoms with Crippen molar-refractivity contribution in [1.82, 2.24) is 5.32 Å². The van der Waals surface area contributed by atoms with Gasteiger partial charge in [-0.2, -0.15) is 0 Å². The first-order chi connectivity index (χ1) is 12.6. The molecule has 6 heteroatoms. The van der Waals surface area contributed by atoms with Crippen LogP contribution in [0.15, 0.2) is 60.2 Å². The molecule has 0 unspecified atom stereocenters. The van der Waals surface area contributed by atoms with Crippen LogP contribution in [0.25, 0.3) is 6.08 Å². The molecule has 0 aliphatic carbocycles. The minimum absolute atomic E-state index is 0.110. The van der Waals surface area contributed by atoms with Crippen LogP contribution in [0.1, 0.15) is 18.9 Å². The van der Waals surface area contributed by atoms with Crippen molar-refractivity contribution >= 4 is 29.6 Å². The van der Waals surface area contributed by atoms with Crippen LogP contribution in [0.4, 0.5) is 10.5 Å². The second-order valence-corrected chi connectivity index (χ2v) is 5.71. The topological polar surface area (TPSA) is 75.7 Å². The lowest BCUT2D eigenvalue weighted by molar-refractivity contribution is -0.122. The Morgan fingerprint density at radius 3 is 2.54 bits per heavy atom. The van der Waals surface area contributed by atoms with Crippen LogP contribution < -0.4 is 15.0 Å². The summed E-state index contributed by atoms with van der Waals surface area (Å²) in [4.78, 5) is 38.0. The molecular formula is C20H18N2O4. The summed E-state index contributed by atoms with van der Waals surface area (Å²) in [5.41, 5.74) is 0.925. The molecule has 0 spiro atoms. The molecule has 2 aromatic rings. The van der Waals surface area contributed by atoms with Gasteiger partial charge in [-0.15, -0.1) is 0 Å². The minimum atomic E-state index is -0.761. The fourth-order valence-corrected chi connectivity index (χ4v) is 2.55. The zero-order chi connectivity index (χ0) is 18.5. The Morgan fingerprint density at radius 2 is 1.81 bits per heavy atom. The quantitative estimate of drug-likeness (QED) is 0.664. The Labute approximate surface area is 151 Å². The first-order valence-corrected chi connectivity index (χ1v) is 8.29. The molecule has 0 saturated carbocycles. The number of nitrogens with one attached hydrogen (secondary N) is 1. The number of rotatable bonds is 5. The highest BCUT2D eigenvalue weighted by atomic mass is 16.5. The number of amides is 4. The van der Waals surface area contributed by atoms with Crippen LogP contribution in [0.3, 0.4) is 0 Å². The van der Waals surface area contributed by atoms with Gasteiger partial charge in [-0.1, -0.05) is 37.3 Å². The number of barbiturate groups is 1. The molecule has 0 atom stereocenters. The number of nitrogens with zero attached hydrogens (tertiary/aromatic N) is 1. The molecule has 1 aliphatic heterocycles. The average molecular weight is 350 g/mol. The molecule has 0 bridgehead atoms. The lowest BCUT2D eigenvalue weighted by Crippen LogP contribution is -2.54. The third-order valence-electron chi connectivity index (χ3n) is 3.76. The molecular weight excluding hydrogens is 332 g/mol. The standard InChI is InChI=1S/C20H18N2O4/c1-2-11-26-16-10-6-7-14(12-16)13-17-18(23)21-20(25)22(19(17)24)15-8-4-3-5-9-15/h3-10,12-13H,2,11H2,1H3,(H,21,23,25)/b17-13-. The van der Waals surface area contributed by atoms with E-state index in [-0.39, 0.29) is 5.57 Å². The van der Waals surface area contributed by atoms with E-state index in [1.807, 2.05) is 6.92 Å². The molecule has 6 nitrogen and oxygen atoms in total. The van der Waals surface area contributed by atoms with Gasteiger partial charge in [-0.3, -0.25) is 14.9 Å². The number of imide groups is 2. The SMILES string of the molecule is CCCOc1cccc(/C=C2/C(=O)NC(=O)N(c3ccccc3)C2=O)c1. The van der Waals surface area contributed by atoms with Gasteiger partial charge in [0.2, 0.25) is 0 Å². The molecule has 4 amide bonds. The molecule has 0 radical (unpaired) electrons. The van der Waals surface area contributed by atoms with Gasteiger partial charge in [-0.25, -0.2) is 9.69 Å².